The zero-order valence-electron chi connectivity index (χ0n) is 15.6. The summed E-state index contributed by atoms with van der Waals surface area (Å²) in [4.78, 5) is 15.0. The van der Waals surface area contributed by atoms with E-state index in [1.165, 1.54) is 5.56 Å². The lowest BCUT2D eigenvalue weighted by Crippen LogP contribution is -2.70. The Bertz CT molecular complexity index is 936. The standard InChI is InChI=1S/C22H22Cl2N2O2/c1-13(14-5-3-2-4-6-14)26-8-7-22-18(12-26)16(11-20(27)25-22)17-9-15(23)10-19(24)21(17)28-22/h2-6,9-10,13,16,18H,7-8,11-12H2,1H3,(H,25,27)/t13-,16+,18-,22-/m0/s1. The number of likely N-dealkylation sites (tertiary alicyclic amines) is 1. The van der Waals surface area contributed by atoms with Crippen LogP contribution in [0.1, 0.15) is 42.9 Å². The Hall–Kier alpha value is -1.75. The first-order valence-corrected chi connectivity index (χ1v) is 10.5. The Morgan fingerprint density at radius 1 is 1.25 bits per heavy atom. The third kappa shape index (κ3) is 2.81. The minimum absolute atomic E-state index is 0.0348. The molecule has 2 saturated heterocycles. The van der Waals surface area contributed by atoms with Gasteiger partial charge in [-0.1, -0.05) is 53.5 Å². The molecular weight excluding hydrogens is 395 g/mol. The summed E-state index contributed by atoms with van der Waals surface area (Å²) in [6.45, 7) is 3.94. The molecule has 5 rings (SSSR count). The van der Waals surface area contributed by atoms with Crippen molar-refractivity contribution in [2.75, 3.05) is 13.1 Å². The van der Waals surface area contributed by atoms with Crippen molar-refractivity contribution in [2.24, 2.45) is 5.92 Å². The molecule has 2 bridgehead atoms. The number of piperidine rings is 2. The molecule has 4 atom stereocenters. The predicted molar refractivity (Wildman–Crippen MR) is 110 cm³/mol. The van der Waals surface area contributed by atoms with Crippen molar-refractivity contribution in [2.45, 2.75) is 37.5 Å². The van der Waals surface area contributed by atoms with Gasteiger partial charge >= 0.3 is 0 Å². The van der Waals surface area contributed by atoms with Gasteiger partial charge in [0.25, 0.3) is 0 Å². The van der Waals surface area contributed by atoms with Gasteiger partial charge in [0, 0.05) is 54.4 Å². The highest BCUT2D eigenvalue weighted by Gasteiger charge is 2.57. The fourth-order valence-corrected chi connectivity index (χ4v) is 5.69. The van der Waals surface area contributed by atoms with Crippen molar-refractivity contribution in [1.82, 2.24) is 10.2 Å². The Labute approximate surface area is 174 Å². The largest absolute Gasteiger partial charge is 0.466 e. The van der Waals surface area contributed by atoms with E-state index in [0.717, 1.165) is 25.1 Å². The molecule has 1 amide bonds. The van der Waals surface area contributed by atoms with Gasteiger partial charge in [0.1, 0.15) is 5.75 Å². The summed E-state index contributed by atoms with van der Waals surface area (Å²) in [5.41, 5.74) is 1.58. The summed E-state index contributed by atoms with van der Waals surface area (Å²) in [6.07, 6.45) is 1.17. The SMILES string of the molecule is C[C@@H](c1ccccc1)N1CC[C@]23NC(=O)C[C@H](c4cc(Cl)cc(Cl)c4O2)[C@@H]3C1. The van der Waals surface area contributed by atoms with E-state index in [2.05, 4.69) is 41.4 Å². The molecule has 28 heavy (non-hydrogen) atoms. The summed E-state index contributed by atoms with van der Waals surface area (Å²) in [5, 5.41) is 4.26. The molecule has 0 unspecified atom stereocenters. The maximum Gasteiger partial charge on any atom is 0.223 e. The van der Waals surface area contributed by atoms with Crippen LogP contribution in [0, 0.1) is 5.92 Å². The van der Waals surface area contributed by atoms with Crippen LogP contribution in [0.3, 0.4) is 0 Å². The number of hydrogen-bond acceptors (Lipinski definition) is 3. The summed E-state index contributed by atoms with van der Waals surface area (Å²) in [7, 11) is 0. The van der Waals surface area contributed by atoms with Crippen LogP contribution in [0.5, 0.6) is 5.75 Å². The van der Waals surface area contributed by atoms with Crippen LogP contribution in [0.25, 0.3) is 0 Å². The Balaban J connectivity index is 1.52. The third-order valence-electron chi connectivity index (χ3n) is 6.59. The fourth-order valence-electron chi connectivity index (χ4n) is 5.14. The number of carbonyl (C=O) groups is 1. The quantitative estimate of drug-likeness (QED) is 0.766. The highest BCUT2D eigenvalue weighted by molar-refractivity contribution is 6.35. The number of ether oxygens (including phenoxy) is 1. The fraction of sp³-hybridized carbons (Fsp3) is 0.409. The second kappa shape index (κ2) is 6.65. The van der Waals surface area contributed by atoms with Gasteiger partial charge in [-0.25, -0.2) is 0 Å². The molecule has 1 N–H and O–H groups in total. The normalized spacial score (nSPS) is 29.9. The Morgan fingerprint density at radius 2 is 2.04 bits per heavy atom. The number of amides is 1. The summed E-state index contributed by atoms with van der Waals surface area (Å²) >= 11 is 12.7. The van der Waals surface area contributed by atoms with Crippen LogP contribution in [0.2, 0.25) is 10.0 Å². The zero-order chi connectivity index (χ0) is 19.5. The van der Waals surface area contributed by atoms with Gasteiger partial charge in [-0.2, -0.15) is 0 Å². The minimum Gasteiger partial charge on any atom is -0.466 e. The van der Waals surface area contributed by atoms with Gasteiger partial charge < -0.3 is 10.1 Å². The first-order valence-electron chi connectivity index (χ1n) is 9.75. The lowest BCUT2D eigenvalue weighted by Gasteiger charge is -2.56. The van der Waals surface area contributed by atoms with Gasteiger partial charge in [0.2, 0.25) is 5.91 Å². The van der Waals surface area contributed by atoms with Crippen molar-refractivity contribution < 1.29 is 9.53 Å². The van der Waals surface area contributed by atoms with Gasteiger partial charge in [0.05, 0.1) is 5.02 Å². The number of rotatable bonds is 2. The van der Waals surface area contributed by atoms with Crippen molar-refractivity contribution in [3.63, 3.8) is 0 Å². The lowest BCUT2D eigenvalue weighted by molar-refractivity contribution is -0.154. The van der Waals surface area contributed by atoms with Crippen LogP contribution < -0.4 is 10.1 Å². The number of hydrogen-bond donors (Lipinski definition) is 1. The number of nitrogens with one attached hydrogen (secondary N) is 1. The second-order valence-electron chi connectivity index (χ2n) is 8.09. The molecule has 2 aromatic rings. The maximum absolute atomic E-state index is 12.5. The van der Waals surface area contributed by atoms with E-state index >= 15 is 0 Å². The highest BCUT2D eigenvalue weighted by Crippen LogP contribution is 2.54. The van der Waals surface area contributed by atoms with Gasteiger partial charge in [0.15, 0.2) is 5.72 Å². The molecule has 0 saturated carbocycles. The van der Waals surface area contributed by atoms with E-state index in [1.807, 2.05) is 12.1 Å². The van der Waals surface area contributed by atoms with Gasteiger partial charge in [-0.05, 0) is 24.6 Å². The highest BCUT2D eigenvalue weighted by atomic mass is 35.5. The molecule has 2 aromatic carbocycles. The van der Waals surface area contributed by atoms with Crippen LogP contribution in [-0.2, 0) is 4.79 Å². The molecule has 3 aliphatic rings. The molecule has 0 aromatic heterocycles. The monoisotopic (exact) mass is 416 g/mol. The predicted octanol–water partition coefficient (Wildman–Crippen LogP) is 4.77. The van der Waals surface area contributed by atoms with Gasteiger partial charge in [-0.15, -0.1) is 0 Å². The summed E-state index contributed by atoms with van der Waals surface area (Å²) in [5.74, 6) is 0.927. The minimum atomic E-state index is -0.683. The first-order chi connectivity index (χ1) is 13.5. The second-order valence-corrected chi connectivity index (χ2v) is 8.94. The molecular formula is C22H22Cl2N2O2. The number of halogens is 2. The number of carbonyl (C=O) groups excluding carboxylic acids is 1. The van der Waals surface area contributed by atoms with Gasteiger partial charge in [-0.3, -0.25) is 9.69 Å². The first kappa shape index (κ1) is 18.3. The van der Waals surface area contributed by atoms with Crippen LogP contribution in [-0.4, -0.2) is 29.6 Å². The maximum atomic E-state index is 12.5. The van der Waals surface area contributed by atoms with E-state index < -0.39 is 5.72 Å². The molecule has 0 aliphatic carbocycles. The molecule has 6 heteroatoms. The zero-order valence-corrected chi connectivity index (χ0v) is 17.1. The average Bonchev–Trinajstić information content (AvgIpc) is 2.68. The molecule has 4 nitrogen and oxygen atoms in total. The molecule has 0 radical (unpaired) electrons. The molecule has 0 spiro atoms. The lowest BCUT2D eigenvalue weighted by atomic mass is 9.69. The number of fused-ring (bicyclic) bond motifs is 2. The molecule has 3 heterocycles. The van der Waals surface area contributed by atoms with Crippen molar-refractivity contribution >= 4 is 29.1 Å². The van der Waals surface area contributed by atoms with Crippen molar-refractivity contribution in [1.29, 1.82) is 0 Å². The van der Waals surface area contributed by atoms with E-state index in [4.69, 9.17) is 27.9 Å². The Kier molecular flexibility index (Phi) is 4.34. The molecule has 2 fully saturated rings. The average molecular weight is 417 g/mol. The topological polar surface area (TPSA) is 41.6 Å². The summed E-state index contributed by atoms with van der Waals surface area (Å²) in [6, 6.07) is 14.5. The number of benzene rings is 2. The van der Waals surface area contributed by atoms with E-state index in [-0.39, 0.29) is 17.7 Å². The van der Waals surface area contributed by atoms with Crippen molar-refractivity contribution in [3.8, 4) is 5.75 Å². The van der Waals surface area contributed by atoms with E-state index in [0.29, 0.717) is 28.3 Å². The number of nitrogens with zero attached hydrogens (tertiary/aromatic N) is 1. The van der Waals surface area contributed by atoms with E-state index in [1.54, 1.807) is 6.07 Å². The van der Waals surface area contributed by atoms with Crippen LogP contribution in [0.4, 0.5) is 0 Å². The molecule has 146 valence electrons. The van der Waals surface area contributed by atoms with Crippen LogP contribution in [0.15, 0.2) is 42.5 Å². The smallest absolute Gasteiger partial charge is 0.223 e. The van der Waals surface area contributed by atoms with E-state index in [9.17, 15) is 4.79 Å². The third-order valence-corrected chi connectivity index (χ3v) is 7.09. The van der Waals surface area contributed by atoms with Crippen LogP contribution >= 0.6 is 23.2 Å². The molecule has 3 aliphatic heterocycles. The van der Waals surface area contributed by atoms with Crippen molar-refractivity contribution in [3.05, 3.63) is 63.6 Å². The summed E-state index contributed by atoms with van der Waals surface area (Å²) < 4.78 is 6.44. The Morgan fingerprint density at radius 3 is 2.82 bits per heavy atom.